The lowest BCUT2D eigenvalue weighted by Gasteiger charge is -2.13. The quantitative estimate of drug-likeness (QED) is 0.395. The molecule has 0 saturated heterocycles. The predicted octanol–water partition coefficient (Wildman–Crippen LogP) is 3.28. The highest BCUT2D eigenvalue weighted by molar-refractivity contribution is 6.32. The molecule has 1 aromatic rings. The second-order valence-electron chi connectivity index (χ2n) is 4.70. The average molecular weight is 329 g/mol. The van der Waals surface area contributed by atoms with Crippen LogP contribution in [0.5, 0.6) is 11.5 Å². The van der Waals surface area contributed by atoms with Crippen LogP contribution >= 0.6 is 11.6 Å². The van der Waals surface area contributed by atoms with Gasteiger partial charge in [0, 0.05) is 6.07 Å². The van der Waals surface area contributed by atoms with Gasteiger partial charge >= 0.3 is 5.97 Å². The maximum atomic E-state index is 11.7. The molecule has 1 unspecified atom stereocenters. The standard InChI is InChI=1S/C16H21ClO5/c1-4-21-16(19)13(11(2)18)6-5-9-22-15-8-7-12(20-3)10-14(15)17/h7-8,10,13H,4-6,9H2,1-3H3. The summed E-state index contributed by atoms with van der Waals surface area (Å²) in [6.45, 7) is 3.72. The molecule has 0 N–H and O–H groups in total. The topological polar surface area (TPSA) is 61.8 Å². The molecule has 6 heteroatoms. The van der Waals surface area contributed by atoms with Crippen LogP contribution in [0.1, 0.15) is 26.7 Å². The fraction of sp³-hybridized carbons (Fsp3) is 0.500. The van der Waals surface area contributed by atoms with Crippen molar-refractivity contribution in [2.75, 3.05) is 20.3 Å². The first-order chi connectivity index (χ1) is 10.5. The molecule has 0 spiro atoms. The Kier molecular flexibility index (Phi) is 7.74. The second kappa shape index (κ2) is 9.30. The summed E-state index contributed by atoms with van der Waals surface area (Å²) in [5.74, 6) is -0.206. The van der Waals surface area contributed by atoms with E-state index in [1.54, 1.807) is 32.2 Å². The highest BCUT2D eigenvalue weighted by Gasteiger charge is 2.24. The number of esters is 1. The van der Waals surface area contributed by atoms with Gasteiger partial charge in [0.05, 0.1) is 25.3 Å². The van der Waals surface area contributed by atoms with Crippen molar-refractivity contribution in [3.05, 3.63) is 23.2 Å². The van der Waals surface area contributed by atoms with Crippen LogP contribution in [0.4, 0.5) is 0 Å². The Hall–Kier alpha value is -1.75. The lowest BCUT2D eigenvalue weighted by molar-refractivity contribution is -0.151. The third kappa shape index (κ3) is 5.56. The lowest BCUT2D eigenvalue weighted by atomic mass is 10.00. The maximum absolute atomic E-state index is 11.7. The molecule has 22 heavy (non-hydrogen) atoms. The second-order valence-corrected chi connectivity index (χ2v) is 5.11. The van der Waals surface area contributed by atoms with Gasteiger partial charge in [-0.3, -0.25) is 9.59 Å². The van der Waals surface area contributed by atoms with Gasteiger partial charge in [0.15, 0.2) is 0 Å². The Balaban J connectivity index is 2.46. The minimum atomic E-state index is -0.727. The average Bonchev–Trinajstić information content (AvgIpc) is 2.48. The van der Waals surface area contributed by atoms with E-state index in [1.807, 2.05) is 0 Å². The smallest absolute Gasteiger partial charge is 0.316 e. The Bertz CT molecular complexity index is 515. The highest BCUT2D eigenvalue weighted by atomic mass is 35.5. The molecule has 1 atom stereocenters. The molecule has 1 rings (SSSR count). The van der Waals surface area contributed by atoms with Crippen LogP contribution in [-0.2, 0) is 14.3 Å². The number of hydrogen-bond acceptors (Lipinski definition) is 5. The third-order valence-electron chi connectivity index (χ3n) is 3.10. The summed E-state index contributed by atoms with van der Waals surface area (Å²) in [6, 6.07) is 5.13. The Morgan fingerprint density at radius 2 is 2.05 bits per heavy atom. The Morgan fingerprint density at radius 3 is 2.59 bits per heavy atom. The van der Waals surface area contributed by atoms with E-state index in [0.717, 1.165) is 0 Å². The number of ether oxygens (including phenoxy) is 3. The number of hydrogen-bond donors (Lipinski definition) is 0. The van der Waals surface area contributed by atoms with Gasteiger partial charge in [-0.25, -0.2) is 0 Å². The molecule has 122 valence electrons. The summed E-state index contributed by atoms with van der Waals surface area (Å²) in [6.07, 6.45) is 0.938. The zero-order valence-corrected chi connectivity index (χ0v) is 13.8. The molecule has 0 fully saturated rings. The van der Waals surface area contributed by atoms with E-state index in [0.29, 0.717) is 36.0 Å². The van der Waals surface area contributed by atoms with Crippen molar-refractivity contribution in [3.8, 4) is 11.5 Å². The van der Waals surface area contributed by atoms with Crippen LogP contribution in [0.3, 0.4) is 0 Å². The Morgan fingerprint density at radius 1 is 1.32 bits per heavy atom. The summed E-state index contributed by atoms with van der Waals surface area (Å²) in [5.41, 5.74) is 0. The molecule has 0 aromatic heterocycles. The van der Waals surface area contributed by atoms with E-state index >= 15 is 0 Å². The van der Waals surface area contributed by atoms with Crippen LogP contribution in [0.2, 0.25) is 5.02 Å². The normalized spacial score (nSPS) is 11.6. The van der Waals surface area contributed by atoms with Crippen molar-refractivity contribution in [2.24, 2.45) is 5.92 Å². The van der Waals surface area contributed by atoms with E-state index < -0.39 is 11.9 Å². The number of Topliss-reactive ketones (excluding diaryl/α,β-unsaturated/α-hetero) is 1. The van der Waals surface area contributed by atoms with Gasteiger partial charge in [0.1, 0.15) is 23.2 Å². The zero-order valence-electron chi connectivity index (χ0n) is 13.1. The first-order valence-corrected chi connectivity index (χ1v) is 7.50. The third-order valence-corrected chi connectivity index (χ3v) is 3.39. The summed E-state index contributed by atoms with van der Waals surface area (Å²) in [7, 11) is 1.56. The molecule has 0 heterocycles. The molecule has 1 aromatic carbocycles. The maximum Gasteiger partial charge on any atom is 0.316 e. The summed E-state index contributed by atoms with van der Waals surface area (Å²) < 4.78 is 15.5. The summed E-state index contributed by atoms with van der Waals surface area (Å²) in [5, 5.41) is 0.452. The number of methoxy groups -OCH3 is 1. The summed E-state index contributed by atoms with van der Waals surface area (Å²) >= 11 is 6.06. The van der Waals surface area contributed by atoms with Crippen molar-refractivity contribution in [3.63, 3.8) is 0 Å². The number of carbonyl (C=O) groups excluding carboxylic acids is 2. The van der Waals surface area contributed by atoms with Crippen molar-refractivity contribution in [2.45, 2.75) is 26.7 Å². The van der Waals surface area contributed by atoms with Crippen LogP contribution < -0.4 is 9.47 Å². The monoisotopic (exact) mass is 328 g/mol. The number of benzene rings is 1. The van der Waals surface area contributed by atoms with Crippen LogP contribution in [0.15, 0.2) is 18.2 Å². The van der Waals surface area contributed by atoms with Gasteiger partial charge in [-0.15, -0.1) is 0 Å². The van der Waals surface area contributed by atoms with Crippen molar-refractivity contribution >= 4 is 23.4 Å². The van der Waals surface area contributed by atoms with E-state index in [9.17, 15) is 9.59 Å². The van der Waals surface area contributed by atoms with E-state index in [4.69, 9.17) is 25.8 Å². The van der Waals surface area contributed by atoms with Gasteiger partial charge in [-0.1, -0.05) is 11.6 Å². The van der Waals surface area contributed by atoms with Crippen LogP contribution in [-0.4, -0.2) is 32.1 Å². The van der Waals surface area contributed by atoms with Crippen LogP contribution in [0, 0.1) is 5.92 Å². The number of ketones is 1. The molecular weight excluding hydrogens is 308 g/mol. The predicted molar refractivity (Wildman–Crippen MR) is 83.5 cm³/mol. The van der Waals surface area contributed by atoms with E-state index in [2.05, 4.69) is 0 Å². The van der Waals surface area contributed by atoms with Gasteiger partial charge in [0.25, 0.3) is 0 Å². The van der Waals surface area contributed by atoms with Crippen molar-refractivity contribution < 1.29 is 23.8 Å². The van der Waals surface area contributed by atoms with Gasteiger partial charge in [0.2, 0.25) is 0 Å². The first-order valence-electron chi connectivity index (χ1n) is 7.13. The lowest BCUT2D eigenvalue weighted by Crippen LogP contribution is -2.24. The molecule has 5 nitrogen and oxygen atoms in total. The van der Waals surface area contributed by atoms with E-state index in [-0.39, 0.29) is 12.4 Å². The Labute approximate surface area is 135 Å². The van der Waals surface area contributed by atoms with Crippen molar-refractivity contribution in [1.29, 1.82) is 0 Å². The SMILES string of the molecule is CCOC(=O)C(CCCOc1ccc(OC)cc1Cl)C(C)=O. The van der Waals surface area contributed by atoms with Crippen LogP contribution in [0.25, 0.3) is 0 Å². The molecule has 0 aliphatic rings. The molecule has 0 aliphatic carbocycles. The van der Waals surface area contributed by atoms with Gasteiger partial charge in [-0.2, -0.15) is 0 Å². The fourth-order valence-corrected chi connectivity index (χ4v) is 2.15. The molecule has 0 saturated carbocycles. The molecule has 0 aliphatic heterocycles. The largest absolute Gasteiger partial charge is 0.497 e. The van der Waals surface area contributed by atoms with Gasteiger partial charge < -0.3 is 14.2 Å². The molecule has 0 radical (unpaired) electrons. The minimum absolute atomic E-state index is 0.194. The highest BCUT2D eigenvalue weighted by Crippen LogP contribution is 2.28. The van der Waals surface area contributed by atoms with E-state index in [1.165, 1.54) is 6.92 Å². The number of rotatable bonds is 9. The number of carbonyl (C=O) groups is 2. The summed E-state index contributed by atoms with van der Waals surface area (Å²) in [4.78, 5) is 23.1. The molecule has 0 amide bonds. The zero-order chi connectivity index (χ0) is 16.5. The fourth-order valence-electron chi connectivity index (χ4n) is 1.93. The van der Waals surface area contributed by atoms with Gasteiger partial charge in [-0.05, 0) is 38.8 Å². The number of halogens is 1. The minimum Gasteiger partial charge on any atom is -0.497 e. The first kappa shape index (κ1) is 18.3. The van der Waals surface area contributed by atoms with Crippen molar-refractivity contribution in [1.82, 2.24) is 0 Å². The molecule has 0 bridgehead atoms. The molecular formula is C16H21ClO5.